The molecule has 2 aromatic carbocycles. The van der Waals surface area contributed by atoms with Gasteiger partial charge in [0.2, 0.25) is 0 Å². The summed E-state index contributed by atoms with van der Waals surface area (Å²) >= 11 is 0. The Morgan fingerprint density at radius 3 is 2.00 bits per heavy atom. The summed E-state index contributed by atoms with van der Waals surface area (Å²) < 4.78 is 27.6. The minimum Gasteiger partial charge on any atom is -0.295 e. The van der Waals surface area contributed by atoms with Crippen molar-refractivity contribution in [2.75, 3.05) is 0 Å². The van der Waals surface area contributed by atoms with Gasteiger partial charge in [-0.1, -0.05) is 24.3 Å². The minimum atomic E-state index is -0.592. The first-order valence-electron chi connectivity index (χ1n) is 5.56. The molecule has 0 aliphatic rings. The smallest absolute Gasteiger partial charge is 0.159 e. The summed E-state index contributed by atoms with van der Waals surface area (Å²) in [6, 6.07) is 8.68. The molecule has 0 amide bonds. The molecule has 0 atom stereocenters. The van der Waals surface area contributed by atoms with Crippen molar-refractivity contribution in [3.05, 3.63) is 59.2 Å². The molecule has 0 saturated carbocycles. The Bertz CT molecular complexity index is 618. The standard InChI is InChI=1S/C15H12F2O/c1-9-3-5-12(14(16)7-9)13-6-4-11(10(2)18)8-15(13)17/h3-8H,1-2H3. The second-order valence-corrected chi connectivity index (χ2v) is 4.23. The number of benzene rings is 2. The van der Waals surface area contributed by atoms with Crippen LogP contribution in [0.15, 0.2) is 36.4 Å². The fourth-order valence-electron chi connectivity index (χ4n) is 1.79. The van der Waals surface area contributed by atoms with Crippen molar-refractivity contribution >= 4 is 5.78 Å². The van der Waals surface area contributed by atoms with Crippen LogP contribution < -0.4 is 0 Å². The molecule has 0 radical (unpaired) electrons. The zero-order chi connectivity index (χ0) is 13.3. The average molecular weight is 246 g/mol. The van der Waals surface area contributed by atoms with Crippen LogP contribution in [0, 0.1) is 18.6 Å². The zero-order valence-electron chi connectivity index (χ0n) is 10.1. The van der Waals surface area contributed by atoms with Crippen LogP contribution in [0.2, 0.25) is 0 Å². The van der Waals surface area contributed by atoms with Crippen molar-refractivity contribution < 1.29 is 13.6 Å². The highest BCUT2D eigenvalue weighted by Crippen LogP contribution is 2.27. The van der Waals surface area contributed by atoms with Gasteiger partial charge in [0.1, 0.15) is 11.6 Å². The van der Waals surface area contributed by atoms with Crippen molar-refractivity contribution in [2.45, 2.75) is 13.8 Å². The fourth-order valence-corrected chi connectivity index (χ4v) is 1.79. The molecule has 2 rings (SSSR count). The summed E-state index contributed by atoms with van der Waals surface area (Å²) in [5, 5.41) is 0. The van der Waals surface area contributed by atoms with E-state index in [-0.39, 0.29) is 22.5 Å². The molecule has 92 valence electrons. The van der Waals surface area contributed by atoms with E-state index in [2.05, 4.69) is 0 Å². The Morgan fingerprint density at radius 1 is 0.944 bits per heavy atom. The van der Waals surface area contributed by atoms with Crippen LogP contribution in [-0.4, -0.2) is 5.78 Å². The summed E-state index contributed by atoms with van der Waals surface area (Å²) in [4.78, 5) is 11.1. The third-order valence-corrected chi connectivity index (χ3v) is 2.79. The van der Waals surface area contributed by atoms with Crippen molar-refractivity contribution in [1.29, 1.82) is 0 Å². The van der Waals surface area contributed by atoms with E-state index in [4.69, 9.17) is 0 Å². The average Bonchev–Trinajstić information content (AvgIpc) is 2.30. The number of rotatable bonds is 2. The van der Waals surface area contributed by atoms with Crippen LogP contribution in [0.1, 0.15) is 22.8 Å². The SMILES string of the molecule is CC(=O)c1ccc(-c2ccc(C)cc2F)c(F)c1. The molecular weight excluding hydrogens is 234 g/mol. The number of carbonyl (C=O) groups is 1. The van der Waals surface area contributed by atoms with E-state index >= 15 is 0 Å². The van der Waals surface area contributed by atoms with Gasteiger partial charge in [0, 0.05) is 16.7 Å². The van der Waals surface area contributed by atoms with Gasteiger partial charge in [0.25, 0.3) is 0 Å². The Hall–Kier alpha value is -2.03. The van der Waals surface area contributed by atoms with Gasteiger partial charge in [0.15, 0.2) is 5.78 Å². The lowest BCUT2D eigenvalue weighted by Crippen LogP contribution is -1.95. The van der Waals surface area contributed by atoms with Gasteiger partial charge in [-0.2, -0.15) is 0 Å². The lowest BCUT2D eigenvalue weighted by Gasteiger charge is -2.07. The largest absolute Gasteiger partial charge is 0.295 e. The molecule has 0 aliphatic heterocycles. The molecule has 0 fully saturated rings. The molecule has 0 spiro atoms. The second kappa shape index (κ2) is 4.69. The van der Waals surface area contributed by atoms with Crippen LogP contribution in [0.5, 0.6) is 0 Å². The monoisotopic (exact) mass is 246 g/mol. The first kappa shape index (κ1) is 12.4. The maximum atomic E-state index is 13.9. The summed E-state index contributed by atoms with van der Waals surface area (Å²) in [6.45, 7) is 3.13. The van der Waals surface area contributed by atoms with Gasteiger partial charge in [-0.15, -0.1) is 0 Å². The number of carbonyl (C=O) groups excluding carboxylic acids is 1. The molecule has 0 aromatic heterocycles. The summed E-state index contributed by atoms with van der Waals surface area (Å²) in [5.74, 6) is -1.28. The third kappa shape index (κ3) is 2.30. The van der Waals surface area contributed by atoms with Crippen LogP contribution in [0.25, 0.3) is 11.1 Å². The molecule has 2 aromatic rings. The molecule has 0 bridgehead atoms. The van der Waals surface area contributed by atoms with Crippen molar-refractivity contribution in [1.82, 2.24) is 0 Å². The summed E-state index contributed by atoms with van der Waals surface area (Å²) in [6.07, 6.45) is 0. The predicted molar refractivity (Wildman–Crippen MR) is 66.5 cm³/mol. The maximum absolute atomic E-state index is 13.9. The van der Waals surface area contributed by atoms with E-state index in [1.54, 1.807) is 13.0 Å². The molecular formula is C15H12F2O. The molecule has 1 nitrogen and oxygen atoms in total. The van der Waals surface area contributed by atoms with Crippen LogP contribution in [0.3, 0.4) is 0 Å². The molecule has 0 N–H and O–H groups in total. The highest BCUT2D eigenvalue weighted by Gasteiger charge is 2.11. The van der Waals surface area contributed by atoms with Gasteiger partial charge in [0.05, 0.1) is 0 Å². The van der Waals surface area contributed by atoms with E-state index in [1.807, 2.05) is 0 Å². The molecule has 0 unspecified atom stereocenters. The number of hydrogen-bond donors (Lipinski definition) is 0. The lowest BCUT2D eigenvalue weighted by atomic mass is 10.0. The first-order valence-corrected chi connectivity index (χ1v) is 5.56. The van der Waals surface area contributed by atoms with E-state index in [1.165, 1.54) is 31.2 Å². The highest BCUT2D eigenvalue weighted by molar-refractivity contribution is 5.94. The number of Topliss-reactive ketones (excluding diaryl/α,β-unsaturated/α-hetero) is 1. The highest BCUT2D eigenvalue weighted by atomic mass is 19.1. The minimum absolute atomic E-state index is 0.164. The topological polar surface area (TPSA) is 17.1 Å². The first-order chi connectivity index (χ1) is 8.49. The van der Waals surface area contributed by atoms with Gasteiger partial charge < -0.3 is 0 Å². The third-order valence-electron chi connectivity index (χ3n) is 2.79. The van der Waals surface area contributed by atoms with E-state index in [0.717, 1.165) is 11.6 Å². The van der Waals surface area contributed by atoms with Crippen molar-refractivity contribution in [2.24, 2.45) is 0 Å². The number of ketones is 1. The Kier molecular flexibility index (Phi) is 3.24. The fraction of sp³-hybridized carbons (Fsp3) is 0.133. The van der Waals surface area contributed by atoms with E-state index in [0.29, 0.717) is 0 Å². The Balaban J connectivity index is 2.54. The van der Waals surface area contributed by atoms with Gasteiger partial charge in [-0.3, -0.25) is 4.79 Å². The normalized spacial score (nSPS) is 10.4. The van der Waals surface area contributed by atoms with Gasteiger partial charge in [-0.25, -0.2) is 8.78 Å². The van der Waals surface area contributed by atoms with E-state index < -0.39 is 11.6 Å². The number of halogens is 2. The van der Waals surface area contributed by atoms with Gasteiger partial charge >= 0.3 is 0 Å². The predicted octanol–water partition coefficient (Wildman–Crippen LogP) is 4.14. The molecule has 0 saturated heterocycles. The maximum Gasteiger partial charge on any atom is 0.159 e. The Morgan fingerprint density at radius 2 is 1.50 bits per heavy atom. The van der Waals surface area contributed by atoms with Crippen LogP contribution >= 0.6 is 0 Å². The van der Waals surface area contributed by atoms with Gasteiger partial charge in [-0.05, 0) is 31.5 Å². The summed E-state index contributed by atoms with van der Waals surface area (Å²) in [7, 11) is 0. The second-order valence-electron chi connectivity index (χ2n) is 4.23. The Labute approximate surface area is 104 Å². The molecule has 0 heterocycles. The molecule has 0 aliphatic carbocycles. The van der Waals surface area contributed by atoms with E-state index in [9.17, 15) is 13.6 Å². The van der Waals surface area contributed by atoms with Crippen LogP contribution in [0.4, 0.5) is 8.78 Å². The van der Waals surface area contributed by atoms with Crippen molar-refractivity contribution in [3.63, 3.8) is 0 Å². The molecule has 18 heavy (non-hydrogen) atoms. The summed E-state index contributed by atoms with van der Waals surface area (Å²) in [5.41, 5.74) is 1.42. The number of hydrogen-bond acceptors (Lipinski definition) is 1. The number of aryl methyl sites for hydroxylation is 1. The molecule has 3 heteroatoms. The van der Waals surface area contributed by atoms with Crippen LogP contribution in [-0.2, 0) is 0 Å². The lowest BCUT2D eigenvalue weighted by molar-refractivity contribution is 0.101. The van der Waals surface area contributed by atoms with Crippen molar-refractivity contribution in [3.8, 4) is 11.1 Å². The zero-order valence-corrected chi connectivity index (χ0v) is 10.1. The quantitative estimate of drug-likeness (QED) is 0.728.